The van der Waals surface area contributed by atoms with E-state index in [-0.39, 0.29) is 11.8 Å². The number of carbonyl (C=O) groups is 4. The van der Waals surface area contributed by atoms with Crippen molar-refractivity contribution in [2.45, 2.75) is 45.1 Å². The van der Waals surface area contributed by atoms with Crippen LogP contribution in [-0.2, 0) is 19.1 Å². The first-order chi connectivity index (χ1) is 13.3. The Hall–Kier alpha value is -2.90. The lowest BCUT2D eigenvalue weighted by molar-refractivity contribution is -0.150. The van der Waals surface area contributed by atoms with E-state index >= 15 is 0 Å². The molecule has 1 spiro atoms. The molecule has 1 aromatic carbocycles. The number of benzene rings is 1. The maximum absolute atomic E-state index is 12.8. The Balaban J connectivity index is 1.53. The number of para-hydroxylation sites is 1. The van der Waals surface area contributed by atoms with Gasteiger partial charge in [0.2, 0.25) is 0 Å². The molecule has 1 aliphatic heterocycles. The SMILES string of the molecule is Cc1ccccc1NC(=O)COC(=O)CN1C(=O)N[C@@]2(CCCC[C@@H]2C)C1=O. The molecule has 0 bridgehead atoms. The lowest BCUT2D eigenvalue weighted by Crippen LogP contribution is -2.54. The third-order valence-corrected chi connectivity index (χ3v) is 5.57. The van der Waals surface area contributed by atoms with Gasteiger partial charge in [-0.05, 0) is 37.3 Å². The third kappa shape index (κ3) is 3.85. The Morgan fingerprint density at radius 3 is 2.75 bits per heavy atom. The normalized spacial score (nSPS) is 24.2. The van der Waals surface area contributed by atoms with E-state index in [1.807, 2.05) is 26.0 Å². The molecule has 0 unspecified atom stereocenters. The van der Waals surface area contributed by atoms with Crippen LogP contribution in [0.3, 0.4) is 0 Å². The van der Waals surface area contributed by atoms with Crippen molar-refractivity contribution in [3.8, 4) is 0 Å². The first-order valence-corrected chi connectivity index (χ1v) is 9.49. The number of carbonyl (C=O) groups excluding carboxylic acids is 4. The van der Waals surface area contributed by atoms with Crippen molar-refractivity contribution in [3.05, 3.63) is 29.8 Å². The molecule has 1 aliphatic carbocycles. The number of urea groups is 1. The van der Waals surface area contributed by atoms with Gasteiger partial charge in [-0.2, -0.15) is 0 Å². The Morgan fingerprint density at radius 1 is 1.29 bits per heavy atom. The number of aryl methyl sites for hydroxylation is 1. The molecule has 150 valence electrons. The van der Waals surface area contributed by atoms with Crippen molar-refractivity contribution < 1.29 is 23.9 Å². The fourth-order valence-electron chi connectivity index (χ4n) is 3.86. The number of imide groups is 1. The fraction of sp³-hybridized carbons (Fsp3) is 0.500. The van der Waals surface area contributed by atoms with Crippen molar-refractivity contribution in [1.29, 1.82) is 0 Å². The molecule has 0 radical (unpaired) electrons. The quantitative estimate of drug-likeness (QED) is 0.594. The van der Waals surface area contributed by atoms with Crippen molar-refractivity contribution >= 4 is 29.5 Å². The van der Waals surface area contributed by atoms with Crippen LogP contribution in [0.5, 0.6) is 0 Å². The van der Waals surface area contributed by atoms with Gasteiger partial charge in [-0.3, -0.25) is 19.3 Å². The maximum atomic E-state index is 12.8. The minimum Gasteiger partial charge on any atom is -0.454 e. The van der Waals surface area contributed by atoms with Crippen LogP contribution in [-0.4, -0.2) is 47.4 Å². The summed E-state index contributed by atoms with van der Waals surface area (Å²) >= 11 is 0. The zero-order valence-corrected chi connectivity index (χ0v) is 16.1. The highest BCUT2D eigenvalue weighted by Crippen LogP contribution is 2.38. The minimum absolute atomic E-state index is 0.0126. The van der Waals surface area contributed by atoms with Gasteiger partial charge in [0.25, 0.3) is 11.8 Å². The Kier molecular flexibility index (Phi) is 5.67. The van der Waals surface area contributed by atoms with Gasteiger partial charge < -0.3 is 15.4 Å². The number of nitrogens with one attached hydrogen (secondary N) is 2. The number of esters is 1. The van der Waals surface area contributed by atoms with Gasteiger partial charge in [0.05, 0.1) is 0 Å². The van der Waals surface area contributed by atoms with Crippen molar-refractivity contribution in [3.63, 3.8) is 0 Å². The predicted octanol–water partition coefficient (Wildman–Crippen LogP) is 1.98. The number of nitrogens with zero attached hydrogens (tertiary/aromatic N) is 1. The van der Waals surface area contributed by atoms with Crippen LogP contribution >= 0.6 is 0 Å². The highest BCUT2D eigenvalue weighted by molar-refractivity contribution is 6.09. The van der Waals surface area contributed by atoms with Crippen LogP contribution in [0.25, 0.3) is 0 Å². The number of hydrogen-bond acceptors (Lipinski definition) is 5. The summed E-state index contributed by atoms with van der Waals surface area (Å²) in [6.07, 6.45) is 3.30. The predicted molar refractivity (Wildman–Crippen MR) is 101 cm³/mol. The van der Waals surface area contributed by atoms with Gasteiger partial charge >= 0.3 is 12.0 Å². The molecule has 1 aromatic rings. The third-order valence-electron chi connectivity index (χ3n) is 5.57. The fourth-order valence-corrected chi connectivity index (χ4v) is 3.86. The largest absolute Gasteiger partial charge is 0.454 e. The molecule has 28 heavy (non-hydrogen) atoms. The number of amides is 4. The molecular weight excluding hydrogens is 362 g/mol. The van der Waals surface area contributed by atoms with Crippen LogP contribution in [0.2, 0.25) is 0 Å². The standard InChI is InChI=1S/C20H25N3O5/c1-13-7-3-4-9-15(13)21-16(24)12-28-17(25)11-23-18(26)20(22-19(23)27)10-6-5-8-14(20)2/h3-4,7,9,14H,5-6,8,10-12H2,1-2H3,(H,21,24)(H,22,27)/t14-,20+/m0/s1. The number of rotatable bonds is 5. The molecule has 2 aliphatic rings. The van der Waals surface area contributed by atoms with Crippen LogP contribution in [0.1, 0.15) is 38.2 Å². The Bertz CT molecular complexity index is 809. The molecule has 2 atom stereocenters. The minimum atomic E-state index is -0.919. The lowest BCUT2D eigenvalue weighted by atomic mass is 9.73. The summed E-state index contributed by atoms with van der Waals surface area (Å²) in [7, 11) is 0. The van der Waals surface area contributed by atoms with E-state index in [9.17, 15) is 19.2 Å². The molecular formula is C20H25N3O5. The van der Waals surface area contributed by atoms with Gasteiger partial charge in [0.1, 0.15) is 12.1 Å². The molecule has 1 heterocycles. The van der Waals surface area contributed by atoms with Gasteiger partial charge in [-0.1, -0.05) is 38.0 Å². The van der Waals surface area contributed by atoms with Gasteiger partial charge in [-0.15, -0.1) is 0 Å². The van der Waals surface area contributed by atoms with E-state index in [4.69, 9.17) is 4.74 Å². The summed E-state index contributed by atoms with van der Waals surface area (Å²) in [6, 6.07) is 6.64. The van der Waals surface area contributed by atoms with Crippen LogP contribution < -0.4 is 10.6 Å². The molecule has 8 nitrogen and oxygen atoms in total. The van der Waals surface area contributed by atoms with Crippen LogP contribution in [0.15, 0.2) is 24.3 Å². The van der Waals surface area contributed by atoms with E-state index in [1.165, 1.54) is 0 Å². The monoisotopic (exact) mass is 387 g/mol. The molecule has 8 heteroatoms. The highest BCUT2D eigenvalue weighted by Gasteiger charge is 2.55. The smallest absolute Gasteiger partial charge is 0.326 e. The average molecular weight is 387 g/mol. The van der Waals surface area contributed by atoms with E-state index in [2.05, 4.69) is 10.6 Å². The van der Waals surface area contributed by atoms with Crippen molar-refractivity contribution in [2.75, 3.05) is 18.5 Å². The number of ether oxygens (including phenoxy) is 1. The topological polar surface area (TPSA) is 105 Å². The molecule has 0 aromatic heterocycles. The summed E-state index contributed by atoms with van der Waals surface area (Å²) in [5, 5.41) is 5.43. The van der Waals surface area contributed by atoms with Gasteiger partial charge in [-0.25, -0.2) is 4.79 Å². The molecule has 4 amide bonds. The van der Waals surface area contributed by atoms with Crippen molar-refractivity contribution in [1.82, 2.24) is 10.2 Å². The van der Waals surface area contributed by atoms with E-state index in [0.717, 1.165) is 29.7 Å². The zero-order valence-electron chi connectivity index (χ0n) is 16.1. The summed E-state index contributed by atoms with van der Waals surface area (Å²) in [5.74, 6) is -1.66. The summed E-state index contributed by atoms with van der Waals surface area (Å²) in [5.41, 5.74) is 0.594. The van der Waals surface area contributed by atoms with E-state index < -0.39 is 36.6 Å². The second-order valence-electron chi connectivity index (χ2n) is 7.46. The summed E-state index contributed by atoms with van der Waals surface area (Å²) in [6.45, 7) is 2.80. The second kappa shape index (κ2) is 8.00. The van der Waals surface area contributed by atoms with E-state index in [1.54, 1.807) is 12.1 Å². The highest BCUT2D eigenvalue weighted by atomic mass is 16.5. The van der Waals surface area contributed by atoms with Gasteiger partial charge in [0, 0.05) is 5.69 Å². The van der Waals surface area contributed by atoms with Crippen molar-refractivity contribution in [2.24, 2.45) is 5.92 Å². The lowest BCUT2D eigenvalue weighted by Gasteiger charge is -2.36. The molecule has 3 rings (SSSR count). The zero-order chi connectivity index (χ0) is 20.3. The van der Waals surface area contributed by atoms with E-state index in [0.29, 0.717) is 12.1 Å². The Morgan fingerprint density at radius 2 is 2.04 bits per heavy atom. The summed E-state index contributed by atoms with van der Waals surface area (Å²) in [4.78, 5) is 50.0. The molecule has 2 N–H and O–H groups in total. The second-order valence-corrected chi connectivity index (χ2v) is 7.46. The number of hydrogen-bond donors (Lipinski definition) is 2. The maximum Gasteiger partial charge on any atom is 0.326 e. The van der Waals surface area contributed by atoms with Crippen LogP contribution in [0, 0.1) is 12.8 Å². The molecule has 1 saturated carbocycles. The first-order valence-electron chi connectivity index (χ1n) is 9.49. The van der Waals surface area contributed by atoms with Gasteiger partial charge in [0.15, 0.2) is 6.61 Å². The summed E-state index contributed by atoms with van der Waals surface area (Å²) < 4.78 is 4.95. The first kappa shape index (κ1) is 19.9. The number of anilines is 1. The molecule has 1 saturated heterocycles. The van der Waals surface area contributed by atoms with Crippen LogP contribution in [0.4, 0.5) is 10.5 Å². The Labute approximate surface area is 163 Å². The average Bonchev–Trinajstić information content (AvgIpc) is 2.89. The molecule has 2 fully saturated rings.